The van der Waals surface area contributed by atoms with E-state index >= 15 is 0 Å². The van der Waals surface area contributed by atoms with Gasteiger partial charge in [0.15, 0.2) is 0 Å². The fraction of sp³-hybridized carbons (Fsp3) is 0.214. The molecule has 0 aliphatic heterocycles. The lowest BCUT2D eigenvalue weighted by molar-refractivity contribution is -0.908. The number of nitrogens with zero attached hydrogens (tertiary/aromatic N) is 1. The molecule has 0 spiro atoms. The number of hydrogen-bond acceptors (Lipinski definition) is 1. The lowest BCUT2D eigenvalue weighted by Crippen LogP contribution is -3.06. The molecule has 1 aromatic carbocycles. The highest BCUT2D eigenvalue weighted by atomic mass is 15.1. The Kier molecular flexibility index (Phi) is 3.67. The molecule has 0 aliphatic carbocycles. The first-order chi connectivity index (χ1) is 7.84. The SMILES string of the molecule is C[NH+](Cc1ccccc1)Cc1ccccn1. The Morgan fingerprint density at radius 2 is 1.69 bits per heavy atom. The maximum Gasteiger partial charge on any atom is 0.120 e. The quantitative estimate of drug-likeness (QED) is 0.810. The van der Waals surface area contributed by atoms with Gasteiger partial charge >= 0.3 is 0 Å². The lowest BCUT2D eigenvalue weighted by Gasteiger charge is -2.13. The third kappa shape index (κ3) is 3.17. The summed E-state index contributed by atoms with van der Waals surface area (Å²) in [7, 11) is 2.20. The molecule has 0 radical (unpaired) electrons. The van der Waals surface area contributed by atoms with E-state index in [9.17, 15) is 0 Å². The van der Waals surface area contributed by atoms with Gasteiger partial charge in [-0.1, -0.05) is 36.4 Å². The van der Waals surface area contributed by atoms with Gasteiger partial charge in [0.1, 0.15) is 13.1 Å². The predicted octanol–water partition coefficient (Wildman–Crippen LogP) is 1.30. The monoisotopic (exact) mass is 213 g/mol. The van der Waals surface area contributed by atoms with Crippen molar-refractivity contribution >= 4 is 0 Å². The van der Waals surface area contributed by atoms with Gasteiger partial charge in [-0.3, -0.25) is 4.98 Å². The van der Waals surface area contributed by atoms with Crippen molar-refractivity contribution in [3.8, 4) is 0 Å². The Bertz CT molecular complexity index is 370. The highest BCUT2D eigenvalue weighted by molar-refractivity contribution is 5.13. The fourth-order valence-corrected chi connectivity index (χ4v) is 1.82. The maximum absolute atomic E-state index is 4.34. The van der Waals surface area contributed by atoms with E-state index < -0.39 is 0 Å². The first kappa shape index (κ1) is 10.8. The van der Waals surface area contributed by atoms with Gasteiger partial charge in [-0.15, -0.1) is 0 Å². The summed E-state index contributed by atoms with van der Waals surface area (Å²) in [6.45, 7) is 2.01. The van der Waals surface area contributed by atoms with E-state index in [1.807, 2.05) is 18.3 Å². The van der Waals surface area contributed by atoms with Crippen LogP contribution in [0, 0.1) is 0 Å². The first-order valence-electron chi connectivity index (χ1n) is 5.60. The Balaban J connectivity index is 1.92. The molecule has 1 aromatic heterocycles. The highest BCUT2D eigenvalue weighted by Gasteiger charge is 2.04. The number of hydrogen-bond donors (Lipinski definition) is 1. The van der Waals surface area contributed by atoms with Crippen molar-refractivity contribution in [2.45, 2.75) is 13.1 Å². The van der Waals surface area contributed by atoms with Crippen LogP contribution in [-0.2, 0) is 13.1 Å². The Morgan fingerprint density at radius 1 is 0.938 bits per heavy atom. The highest BCUT2D eigenvalue weighted by Crippen LogP contribution is 1.96. The molecule has 82 valence electrons. The van der Waals surface area contributed by atoms with Crippen molar-refractivity contribution < 1.29 is 4.90 Å². The molecular formula is C14H17N2+. The second-order valence-corrected chi connectivity index (χ2v) is 4.12. The van der Waals surface area contributed by atoms with Crippen LogP contribution in [0.25, 0.3) is 0 Å². The molecule has 1 heterocycles. The standard InChI is InChI=1S/C14H16N2/c1-16(11-13-7-3-2-4-8-13)12-14-9-5-6-10-15-14/h2-10H,11-12H2,1H3/p+1. The van der Waals surface area contributed by atoms with Crippen molar-refractivity contribution in [1.82, 2.24) is 4.98 Å². The summed E-state index contributed by atoms with van der Waals surface area (Å²) in [6, 6.07) is 16.6. The van der Waals surface area contributed by atoms with Gasteiger partial charge in [-0.05, 0) is 12.1 Å². The third-order valence-electron chi connectivity index (χ3n) is 2.56. The second kappa shape index (κ2) is 5.42. The van der Waals surface area contributed by atoms with Crippen molar-refractivity contribution in [2.75, 3.05) is 7.05 Å². The average molecular weight is 213 g/mol. The number of quaternary nitrogens is 1. The van der Waals surface area contributed by atoms with Crippen LogP contribution in [0.3, 0.4) is 0 Å². The van der Waals surface area contributed by atoms with E-state index in [1.54, 1.807) is 0 Å². The molecule has 0 aliphatic rings. The number of rotatable bonds is 4. The summed E-state index contributed by atoms with van der Waals surface area (Å²) in [5, 5.41) is 0. The van der Waals surface area contributed by atoms with Gasteiger partial charge in [-0.25, -0.2) is 0 Å². The topological polar surface area (TPSA) is 17.3 Å². The summed E-state index contributed by atoms with van der Waals surface area (Å²) in [6.07, 6.45) is 1.85. The van der Waals surface area contributed by atoms with Crippen LogP contribution in [0.2, 0.25) is 0 Å². The van der Waals surface area contributed by atoms with Crippen molar-refractivity contribution in [1.29, 1.82) is 0 Å². The first-order valence-corrected chi connectivity index (χ1v) is 5.60. The maximum atomic E-state index is 4.34. The zero-order valence-corrected chi connectivity index (χ0v) is 9.56. The van der Waals surface area contributed by atoms with Crippen LogP contribution in [0.15, 0.2) is 54.7 Å². The molecule has 2 nitrogen and oxygen atoms in total. The van der Waals surface area contributed by atoms with Crippen LogP contribution < -0.4 is 4.90 Å². The molecule has 1 N–H and O–H groups in total. The Hall–Kier alpha value is -1.67. The molecule has 2 heteroatoms. The van der Waals surface area contributed by atoms with E-state index in [1.165, 1.54) is 10.5 Å². The second-order valence-electron chi connectivity index (χ2n) is 4.12. The summed E-state index contributed by atoms with van der Waals surface area (Å²) in [4.78, 5) is 5.79. The van der Waals surface area contributed by atoms with E-state index in [0.29, 0.717) is 0 Å². The van der Waals surface area contributed by atoms with Gasteiger partial charge in [0.2, 0.25) is 0 Å². The minimum atomic E-state index is 0.968. The molecule has 16 heavy (non-hydrogen) atoms. The van der Waals surface area contributed by atoms with Gasteiger partial charge in [-0.2, -0.15) is 0 Å². The molecule has 0 saturated heterocycles. The number of pyridine rings is 1. The molecule has 0 bridgehead atoms. The Labute approximate surface area is 96.6 Å². The summed E-state index contributed by atoms with van der Waals surface area (Å²) >= 11 is 0. The van der Waals surface area contributed by atoms with E-state index in [-0.39, 0.29) is 0 Å². The fourth-order valence-electron chi connectivity index (χ4n) is 1.82. The van der Waals surface area contributed by atoms with Crippen LogP contribution in [-0.4, -0.2) is 12.0 Å². The van der Waals surface area contributed by atoms with Gasteiger partial charge in [0.25, 0.3) is 0 Å². The molecule has 0 fully saturated rings. The number of aromatic nitrogens is 1. The van der Waals surface area contributed by atoms with Gasteiger partial charge in [0, 0.05) is 11.8 Å². The normalized spacial score (nSPS) is 12.3. The molecular weight excluding hydrogens is 196 g/mol. The predicted molar refractivity (Wildman–Crippen MR) is 65.0 cm³/mol. The minimum absolute atomic E-state index is 0.968. The zero-order valence-electron chi connectivity index (χ0n) is 9.56. The number of nitrogens with one attached hydrogen (secondary N) is 1. The van der Waals surface area contributed by atoms with Crippen molar-refractivity contribution in [3.05, 3.63) is 66.0 Å². The summed E-state index contributed by atoms with van der Waals surface area (Å²) in [5.41, 5.74) is 2.52. The average Bonchev–Trinajstić information content (AvgIpc) is 2.31. The summed E-state index contributed by atoms with van der Waals surface area (Å²) < 4.78 is 0. The smallest absolute Gasteiger partial charge is 0.120 e. The van der Waals surface area contributed by atoms with E-state index in [4.69, 9.17) is 0 Å². The van der Waals surface area contributed by atoms with Crippen molar-refractivity contribution in [3.63, 3.8) is 0 Å². The molecule has 0 amide bonds. The van der Waals surface area contributed by atoms with Gasteiger partial charge in [0.05, 0.1) is 12.7 Å². The molecule has 1 atom stereocenters. The van der Waals surface area contributed by atoms with E-state index in [0.717, 1.165) is 18.8 Å². The van der Waals surface area contributed by atoms with Crippen LogP contribution in [0.1, 0.15) is 11.3 Å². The van der Waals surface area contributed by atoms with Crippen LogP contribution in [0.5, 0.6) is 0 Å². The largest absolute Gasteiger partial charge is 0.329 e. The lowest BCUT2D eigenvalue weighted by atomic mass is 10.2. The molecule has 1 unspecified atom stereocenters. The van der Waals surface area contributed by atoms with Gasteiger partial charge < -0.3 is 4.90 Å². The number of benzene rings is 1. The van der Waals surface area contributed by atoms with Crippen LogP contribution in [0.4, 0.5) is 0 Å². The Morgan fingerprint density at radius 3 is 2.38 bits per heavy atom. The van der Waals surface area contributed by atoms with Crippen molar-refractivity contribution in [2.24, 2.45) is 0 Å². The zero-order chi connectivity index (χ0) is 11.2. The molecule has 2 rings (SSSR count). The minimum Gasteiger partial charge on any atom is -0.329 e. The van der Waals surface area contributed by atoms with Crippen LogP contribution >= 0.6 is 0 Å². The third-order valence-corrected chi connectivity index (χ3v) is 2.56. The summed E-state index contributed by atoms with van der Waals surface area (Å²) in [5.74, 6) is 0. The molecule has 0 saturated carbocycles. The molecule has 2 aromatic rings. The van der Waals surface area contributed by atoms with E-state index in [2.05, 4.69) is 48.4 Å².